The number of thioether (sulfide) groups is 1. The van der Waals surface area contributed by atoms with Gasteiger partial charge < -0.3 is 15.7 Å². The lowest BCUT2D eigenvalue weighted by Gasteiger charge is -2.13. The highest BCUT2D eigenvalue weighted by Crippen LogP contribution is 2.33. The number of aryl methyl sites for hydroxylation is 2. The zero-order valence-electron chi connectivity index (χ0n) is 17.9. The van der Waals surface area contributed by atoms with Gasteiger partial charge in [0.1, 0.15) is 0 Å². The first-order chi connectivity index (χ1) is 15.0. The van der Waals surface area contributed by atoms with Crippen molar-refractivity contribution in [3.05, 3.63) is 23.0 Å². The molecule has 1 amide bonds. The number of primary amides is 1. The zero-order chi connectivity index (χ0) is 24.1. The Hall–Kier alpha value is -2.67. The smallest absolute Gasteiger partial charge is 0.475 e. The highest BCUT2D eigenvalue weighted by molar-refractivity contribution is 7.98. The van der Waals surface area contributed by atoms with Crippen LogP contribution in [0.4, 0.5) is 13.2 Å². The van der Waals surface area contributed by atoms with Crippen molar-refractivity contribution in [2.24, 2.45) is 5.73 Å². The highest BCUT2D eigenvalue weighted by atomic mass is 32.2. The lowest BCUT2D eigenvalue weighted by molar-refractivity contribution is -0.192. The van der Waals surface area contributed by atoms with Crippen molar-refractivity contribution in [3.8, 4) is 11.4 Å². The van der Waals surface area contributed by atoms with Gasteiger partial charge >= 0.3 is 12.1 Å². The molecular formula is C19H25F3N6O3S. The van der Waals surface area contributed by atoms with E-state index in [2.05, 4.69) is 15.0 Å². The maximum atomic E-state index is 11.9. The molecule has 1 aliphatic rings. The summed E-state index contributed by atoms with van der Waals surface area (Å²) < 4.78 is 33.7. The second-order valence-electron chi connectivity index (χ2n) is 7.31. The van der Waals surface area contributed by atoms with Crippen LogP contribution in [0.15, 0.2) is 11.4 Å². The third kappa shape index (κ3) is 6.42. The summed E-state index contributed by atoms with van der Waals surface area (Å²) in [6, 6.07) is 0. The molecule has 0 spiro atoms. The Bertz CT molecular complexity index is 978. The number of carboxylic acid groups (broad SMARTS) is 1. The molecule has 0 fully saturated rings. The van der Waals surface area contributed by atoms with Gasteiger partial charge in [0.15, 0.2) is 10.9 Å². The number of nitrogens with zero attached hydrogens (tertiary/aromatic N) is 5. The number of carbonyl (C=O) groups excluding carboxylic acids is 1. The van der Waals surface area contributed by atoms with E-state index in [9.17, 15) is 18.0 Å². The van der Waals surface area contributed by atoms with Gasteiger partial charge in [0, 0.05) is 18.3 Å². The summed E-state index contributed by atoms with van der Waals surface area (Å²) in [6.45, 7) is 1.68. The Balaban J connectivity index is 0.000000451. The molecule has 0 saturated carbocycles. The molecule has 3 rings (SSSR count). The fourth-order valence-electron chi connectivity index (χ4n) is 3.23. The Morgan fingerprint density at radius 3 is 2.50 bits per heavy atom. The first-order valence-electron chi connectivity index (χ1n) is 9.70. The number of hydrogen-bond acceptors (Lipinski definition) is 7. The average Bonchev–Trinajstić information content (AvgIpc) is 2.95. The lowest BCUT2D eigenvalue weighted by atomic mass is 10.1. The molecule has 0 saturated heterocycles. The van der Waals surface area contributed by atoms with Gasteiger partial charge in [-0.1, -0.05) is 11.8 Å². The summed E-state index contributed by atoms with van der Waals surface area (Å²) in [5.74, 6) is -3.22. The molecule has 3 N–H and O–H groups in total. The van der Waals surface area contributed by atoms with E-state index in [0.29, 0.717) is 5.69 Å². The van der Waals surface area contributed by atoms with Crippen LogP contribution in [0.3, 0.4) is 0 Å². The van der Waals surface area contributed by atoms with Crippen LogP contribution in [0.1, 0.15) is 34.5 Å². The van der Waals surface area contributed by atoms with Gasteiger partial charge in [0.2, 0.25) is 0 Å². The Morgan fingerprint density at radius 2 is 1.97 bits per heavy atom. The second-order valence-corrected chi connectivity index (χ2v) is 8.08. The molecule has 176 valence electrons. The maximum absolute atomic E-state index is 11.9. The van der Waals surface area contributed by atoms with Crippen LogP contribution in [0.25, 0.3) is 11.4 Å². The summed E-state index contributed by atoms with van der Waals surface area (Å²) >= 11 is 1.51. The minimum absolute atomic E-state index is 0.386. The van der Waals surface area contributed by atoms with Crippen LogP contribution in [0.5, 0.6) is 0 Å². The quantitative estimate of drug-likeness (QED) is 0.482. The van der Waals surface area contributed by atoms with E-state index in [1.165, 1.54) is 11.8 Å². The first kappa shape index (κ1) is 25.6. The van der Waals surface area contributed by atoms with Crippen molar-refractivity contribution in [3.63, 3.8) is 0 Å². The van der Waals surface area contributed by atoms with E-state index in [4.69, 9.17) is 20.6 Å². The molecule has 2 aromatic rings. The molecule has 0 unspecified atom stereocenters. The average molecular weight is 475 g/mol. The molecule has 13 heteroatoms. The molecule has 0 radical (unpaired) electrons. The normalized spacial score (nSPS) is 13.0. The number of fused-ring (bicyclic) bond motifs is 3. The Labute approximate surface area is 187 Å². The van der Waals surface area contributed by atoms with Crippen molar-refractivity contribution in [1.29, 1.82) is 0 Å². The maximum Gasteiger partial charge on any atom is 0.490 e. The van der Waals surface area contributed by atoms with Crippen molar-refractivity contribution >= 4 is 23.6 Å². The van der Waals surface area contributed by atoms with Gasteiger partial charge in [-0.3, -0.25) is 9.48 Å². The van der Waals surface area contributed by atoms with E-state index >= 15 is 0 Å². The highest BCUT2D eigenvalue weighted by Gasteiger charge is 2.38. The number of halogens is 3. The second kappa shape index (κ2) is 10.8. The van der Waals surface area contributed by atoms with Crippen LogP contribution in [-0.2, 0) is 24.2 Å². The molecule has 2 heterocycles. The number of hydrogen-bond donors (Lipinski definition) is 2. The Kier molecular flexibility index (Phi) is 8.61. The molecule has 2 aromatic heterocycles. The Morgan fingerprint density at radius 1 is 1.31 bits per heavy atom. The van der Waals surface area contributed by atoms with Gasteiger partial charge in [-0.05, 0) is 58.1 Å². The van der Waals surface area contributed by atoms with Crippen LogP contribution in [0, 0.1) is 0 Å². The number of aliphatic carboxylic acids is 1. The zero-order valence-corrected chi connectivity index (χ0v) is 18.8. The van der Waals surface area contributed by atoms with Gasteiger partial charge in [-0.25, -0.2) is 14.8 Å². The van der Waals surface area contributed by atoms with Crippen molar-refractivity contribution in [2.45, 2.75) is 43.6 Å². The van der Waals surface area contributed by atoms with Crippen LogP contribution < -0.4 is 5.73 Å². The van der Waals surface area contributed by atoms with Crippen LogP contribution >= 0.6 is 11.8 Å². The summed E-state index contributed by atoms with van der Waals surface area (Å²) in [5.41, 5.74) is 9.87. The minimum Gasteiger partial charge on any atom is -0.475 e. The standard InChI is InChI=1S/C17H24N6OS.C2HF3O2/c1-22(2)8-5-9-23-15-12(14(21-23)16(18)24)7-4-6-11-10-19-17(25-3)20-13(11)15;3-2(4,5)1(6)7/h10H,4-9H2,1-3H3,(H2,18,24);(H,6,7). The van der Waals surface area contributed by atoms with Crippen LogP contribution in [0.2, 0.25) is 0 Å². The predicted octanol–water partition coefficient (Wildman–Crippen LogP) is 2.23. The number of carbonyl (C=O) groups is 2. The fraction of sp³-hybridized carbons (Fsp3) is 0.526. The summed E-state index contributed by atoms with van der Waals surface area (Å²) in [4.78, 5) is 32.1. The molecule has 32 heavy (non-hydrogen) atoms. The summed E-state index contributed by atoms with van der Waals surface area (Å²) in [6.07, 6.45) is 2.34. The van der Waals surface area contributed by atoms with Gasteiger partial charge in [-0.2, -0.15) is 18.3 Å². The molecule has 0 atom stereocenters. The molecule has 0 aromatic carbocycles. The SMILES string of the molecule is CSc1ncc2c(n1)-c1c(c(C(N)=O)nn1CCCN(C)C)CCC2.O=C(O)C(F)(F)F. The number of carboxylic acids is 1. The number of alkyl halides is 3. The number of aromatic nitrogens is 4. The van der Waals surface area contributed by atoms with Gasteiger partial charge in [-0.15, -0.1) is 0 Å². The van der Waals surface area contributed by atoms with Gasteiger partial charge in [0.05, 0.1) is 11.4 Å². The topological polar surface area (TPSA) is 127 Å². The minimum atomic E-state index is -5.08. The fourth-order valence-corrected chi connectivity index (χ4v) is 3.57. The molecule has 9 nitrogen and oxygen atoms in total. The predicted molar refractivity (Wildman–Crippen MR) is 112 cm³/mol. The number of amides is 1. The third-order valence-corrected chi connectivity index (χ3v) is 5.19. The van der Waals surface area contributed by atoms with Crippen molar-refractivity contribution in [1.82, 2.24) is 24.6 Å². The monoisotopic (exact) mass is 474 g/mol. The molecule has 1 aliphatic carbocycles. The molecule has 0 bridgehead atoms. The molecule has 0 aliphatic heterocycles. The van der Waals surface area contributed by atoms with Crippen LogP contribution in [-0.4, -0.2) is 74.7 Å². The summed E-state index contributed by atoms with van der Waals surface area (Å²) in [5, 5.41) is 12.4. The number of rotatable bonds is 6. The van der Waals surface area contributed by atoms with E-state index in [0.717, 1.165) is 66.4 Å². The third-order valence-electron chi connectivity index (χ3n) is 4.62. The van der Waals surface area contributed by atoms with E-state index in [1.54, 1.807) is 0 Å². The first-order valence-corrected chi connectivity index (χ1v) is 10.9. The van der Waals surface area contributed by atoms with E-state index < -0.39 is 18.1 Å². The van der Waals surface area contributed by atoms with E-state index in [-0.39, 0.29) is 0 Å². The largest absolute Gasteiger partial charge is 0.490 e. The van der Waals surface area contributed by atoms with Crippen molar-refractivity contribution < 1.29 is 27.9 Å². The molecular weight excluding hydrogens is 449 g/mol. The van der Waals surface area contributed by atoms with Crippen molar-refractivity contribution in [2.75, 3.05) is 26.9 Å². The summed E-state index contributed by atoms with van der Waals surface area (Å²) in [7, 11) is 4.09. The van der Waals surface area contributed by atoms with Gasteiger partial charge in [0.25, 0.3) is 5.91 Å². The van der Waals surface area contributed by atoms with E-state index in [1.807, 2.05) is 31.2 Å². The lowest BCUT2D eigenvalue weighted by Crippen LogP contribution is -2.21. The number of nitrogens with two attached hydrogens (primary N) is 1.